The van der Waals surface area contributed by atoms with E-state index in [0.29, 0.717) is 30.6 Å². The number of hydrogen-bond acceptors (Lipinski definition) is 6. The lowest BCUT2D eigenvalue weighted by molar-refractivity contribution is -0.142. The molecule has 3 heterocycles. The summed E-state index contributed by atoms with van der Waals surface area (Å²) in [5.41, 5.74) is 2.23. The zero-order valence-corrected chi connectivity index (χ0v) is 20.1. The number of ether oxygens (including phenoxy) is 1. The molecule has 0 radical (unpaired) electrons. The number of pyridine rings is 2. The van der Waals surface area contributed by atoms with Crippen LogP contribution in [0.1, 0.15) is 60.9 Å². The molecule has 35 heavy (non-hydrogen) atoms. The highest BCUT2D eigenvalue weighted by molar-refractivity contribution is 5.94. The van der Waals surface area contributed by atoms with Gasteiger partial charge in [-0.15, -0.1) is 0 Å². The Bertz CT molecular complexity index is 1050. The number of nitrogens with zero attached hydrogens (tertiary/aromatic N) is 2. The van der Waals surface area contributed by atoms with Crippen LogP contribution in [0.4, 0.5) is 10.2 Å². The van der Waals surface area contributed by atoms with Gasteiger partial charge in [-0.05, 0) is 69.1 Å². The normalized spacial score (nSPS) is 16.6. The van der Waals surface area contributed by atoms with E-state index in [-0.39, 0.29) is 13.0 Å². The number of anilines is 1. The Kier molecular flexibility index (Phi) is 7.95. The molecule has 9 heteroatoms. The first-order valence-corrected chi connectivity index (χ1v) is 12.4. The fourth-order valence-electron chi connectivity index (χ4n) is 4.73. The van der Waals surface area contributed by atoms with Crippen molar-refractivity contribution in [1.29, 1.82) is 0 Å². The first kappa shape index (κ1) is 25.0. The van der Waals surface area contributed by atoms with E-state index in [1.54, 1.807) is 6.92 Å². The van der Waals surface area contributed by atoms with Crippen LogP contribution in [-0.4, -0.2) is 52.8 Å². The number of hydrogen-bond donors (Lipinski definition) is 3. The molecule has 1 aliphatic heterocycles. The highest BCUT2D eigenvalue weighted by Gasteiger charge is 2.54. The van der Waals surface area contributed by atoms with E-state index in [1.807, 2.05) is 0 Å². The number of rotatable bonds is 12. The molecule has 3 N–H and O–H groups in total. The third-order valence-corrected chi connectivity index (χ3v) is 6.83. The highest BCUT2D eigenvalue weighted by atomic mass is 19.1. The second-order valence-corrected chi connectivity index (χ2v) is 9.46. The van der Waals surface area contributed by atoms with Crippen LogP contribution in [-0.2, 0) is 32.6 Å². The minimum atomic E-state index is -1.13. The number of aromatic nitrogens is 2. The summed E-state index contributed by atoms with van der Waals surface area (Å²) in [6.07, 6.45) is 8.56. The Morgan fingerprint density at radius 3 is 2.83 bits per heavy atom. The zero-order chi connectivity index (χ0) is 24.8. The van der Waals surface area contributed by atoms with Crippen LogP contribution in [0.2, 0.25) is 0 Å². The SMILES string of the molecule is Cc1cncc(F)c1C1(C(=O)NC(CCOCCCCc2ccc3c(n2)NCCC3)C(=O)O)CC1. The number of unbranched alkanes of at least 4 members (excludes halogenated alkanes) is 1. The van der Waals surface area contributed by atoms with Gasteiger partial charge in [-0.25, -0.2) is 14.2 Å². The van der Waals surface area contributed by atoms with Crippen molar-refractivity contribution in [3.8, 4) is 0 Å². The Morgan fingerprint density at radius 2 is 2.09 bits per heavy atom. The summed E-state index contributed by atoms with van der Waals surface area (Å²) >= 11 is 0. The number of halogens is 1. The van der Waals surface area contributed by atoms with Gasteiger partial charge in [-0.3, -0.25) is 9.78 Å². The molecule has 0 spiro atoms. The van der Waals surface area contributed by atoms with Crippen LogP contribution >= 0.6 is 0 Å². The van der Waals surface area contributed by atoms with Crippen LogP contribution in [0.15, 0.2) is 24.5 Å². The van der Waals surface area contributed by atoms with Gasteiger partial charge in [0.25, 0.3) is 0 Å². The van der Waals surface area contributed by atoms with Gasteiger partial charge >= 0.3 is 5.97 Å². The number of carbonyl (C=O) groups is 2. The van der Waals surface area contributed by atoms with Crippen molar-refractivity contribution in [2.75, 3.05) is 25.1 Å². The molecule has 1 aliphatic carbocycles. The minimum absolute atomic E-state index is 0.146. The summed E-state index contributed by atoms with van der Waals surface area (Å²) in [5.74, 6) is -1.11. The highest BCUT2D eigenvalue weighted by Crippen LogP contribution is 2.50. The monoisotopic (exact) mass is 484 g/mol. The number of carbonyl (C=O) groups excluding carboxylic acids is 1. The molecule has 2 aromatic heterocycles. The third kappa shape index (κ3) is 5.96. The number of amides is 1. The quantitative estimate of drug-likeness (QED) is 0.396. The lowest BCUT2D eigenvalue weighted by Gasteiger charge is -2.21. The number of carboxylic acids is 1. The van der Waals surface area contributed by atoms with Crippen molar-refractivity contribution >= 4 is 17.7 Å². The lowest BCUT2D eigenvalue weighted by atomic mass is 9.91. The molecule has 8 nitrogen and oxygen atoms in total. The summed E-state index contributed by atoms with van der Waals surface area (Å²) < 4.78 is 20.0. The van der Waals surface area contributed by atoms with Crippen LogP contribution < -0.4 is 10.6 Å². The molecule has 1 amide bonds. The molecule has 4 rings (SSSR count). The zero-order valence-electron chi connectivity index (χ0n) is 20.1. The summed E-state index contributed by atoms with van der Waals surface area (Å²) in [4.78, 5) is 33.2. The molecule has 188 valence electrons. The van der Waals surface area contributed by atoms with Crippen LogP contribution in [0, 0.1) is 12.7 Å². The Labute approximate surface area is 204 Å². The van der Waals surface area contributed by atoms with Crippen molar-refractivity contribution in [2.24, 2.45) is 0 Å². The number of fused-ring (bicyclic) bond motifs is 1. The average molecular weight is 485 g/mol. The van der Waals surface area contributed by atoms with Crippen molar-refractivity contribution in [1.82, 2.24) is 15.3 Å². The molecule has 0 bridgehead atoms. The van der Waals surface area contributed by atoms with Crippen molar-refractivity contribution in [3.05, 3.63) is 52.7 Å². The summed E-state index contributed by atoms with van der Waals surface area (Å²) in [6, 6.07) is 3.15. The van der Waals surface area contributed by atoms with Gasteiger partial charge in [0.1, 0.15) is 17.7 Å². The van der Waals surface area contributed by atoms with Crippen molar-refractivity contribution in [3.63, 3.8) is 0 Å². The van der Waals surface area contributed by atoms with Crippen LogP contribution in [0.3, 0.4) is 0 Å². The molecule has 0 aromatic carbocycles. The van der Waals surface area contributed by atoms with E-state index in [2.05, 4.69) is 27.8 Å². The second-order valence-electron chi connectivity index (χ2n) is 9.46. The molecule has 1 atom stereocenters. The van der Waals surface area contributed by atoms with Crippen molar-refractivity contribution in [2.45, 2.75) is 69.7 Å². The van der Waals surface area contributed by atoms with E-state index in [4.69, 9.17) is 9.72 Å². The molecule has 1 unspecified atom stereocenters. The molecule has 1 saturated carbocycles. The van der Waals surface area contributed by atoms with Crippen LogP contribution in [0.25, 0.3) is 0 Å². The number of carboxylic acid groups (broad SMARTS) is 1. The van der Waals surface area contributed by atoms with Gasteiger partial charge in [-0.1, -0.05) is 6.07 Å². The van der Waals surface area contributed by atoms with Gasteiger partial charge in [0.2, 0.25) is 5.91 Å². The maximum absolute atomic E-state index is 14.4. The van der Waals surface area contributed by atoms with Crippen LogP contribution in [0.5, 0.6) is 0 Å². The van der Waals surface area contributed by atoms with E-state index in [9.17, 15) is 19.1 Å². The maximum Gasteiger partial charge on any atom is 0.326 e. The fourth-order valence-corrected chi connectivity index (χ4v) is 4.73. The summed E-state index contributed by atoms with van der Waals surface area (Å²) in [5, 5.41) is 15.5. The number of aliphatic carboxylic acids is 1. The molecule has 2 aliphatic rings. The van der Waals surface area contributed by atoms with Gasteiger partial charge < -0.3 is 20.5 Å². The second kappa shape index (κ2) is 11.1. The standard InChI is InChI=1S/C26H33FN4O4/c1-17-15-28-16-20(27)22(17)26(10-11-26)25(34)31-21(24(32)33)9-14-35-13-3-2-6-19-8-7-18-5-4-12-29-23(18)30-19/h7-8,15-16,21H,2-6,9-14H2,1H3,(H,29,30)(H,31,34)(H,32,33). The summed E-state index contributed by atoms with van der Waals surface area (Å²) in [7, 11) is 0. The van der Waals surface area contributed by atoms with Gasteiger partial charge in [0.05, 0.1) is 11.6 Å². The predicted octanol–water partition coefficient (Wildman–Crippen LogP) is 3.31. The fraction of sp³-hybridized carbons (Fsp3) is 0.538. The predicted molar refractivity (Wildman–Crippen MR) is 129 cm³/mol. The molecular weight excluding hydrogens is 451 g/mol. The van der Waals surface area contributed by atoms with Gasteiger partial charge in [0.15, 0.2) is 0 Å². The first-order chi connectivity index (χ1) is 16.9. The maximum atomic E-state index is 14.4. The Hall–Kier alpha value is -3.07. The lowest BCUT2D eigenvalue weighted by Crippen LogP contribution is -2.46. The minimum Gasteiger partial charge on any atom is -0.480 e. The average Bonchev–Trinajstić information content (AvgIpc) is 3.64. The van der Waals surface area contributed by atoms with Crippen molar-refractivity contribution < 1.29 is 23.8 Å². The van der Waals surface area contributed by atoms with E-state index in [0.717, 1.165) is 56.4 Å². The Balaban J connectivity index is 1.19. The molecule has 1 fully saturated rings. The topological polar surface area (TPSA) is 113 Å². The Morgan fingerprint density at radius 1 is 1.26 bits per heavy atom. The van der Waals surface area contributed by atoms with Gasteiger partial charge in [0, 0.05) is 43.6 Å². The summed E-state index contributed by atoms with van der Waals surface area (Å²) in [6.45, 7) is 3.40. The van der Waals surface area contributed by atoms with E-state index in [1.165, 1.54) is 11.8 Å². The number of aryl methyl sites for hydroxylation is 3. The molecule has 0 saturated heterocycles. The molecular formula is C26H33FN4O4. The number of nitrogens with one attached hydrogen (secondary N) is 2. The van der Waals surface area contributed by atoms with E-state index >= 15 is 0 Å². The molecule has 2 aromatic rings. The smallest absolute Gasteiger partial charge is 0.326 e. The third-order valence-electron chi connectivity index (χ3n) is 6.83. The van der Waals surface area contributed by atoms with E-state index < -0.39 is 29.2 Å². The largest absolute Gasteiger partial charge is 0.480 e. The van der Waals surface area contributed by atoms with Gasteiger partial charge in [-0.2, -0.15) is 0 Å². The first-order valence-electron chi connectivity index (χ1n) is 12.4.